The van der Waals surface area contributed by atoms with Crippen LogP contribution < -0.4 is 10.6 Å². The van der Waals surface area contributed by atoms with Gasteiger partial charge < -0.3 is 10.6 Å². The van der Waals surface area contributed by atoms with E-state index in [9.17, 15) is 22.8 Å². The van der Waals surface area contributed by atoms with Crippen molar-refractivity contribution >= 4 is 34.5 Å². The van der Waals surface area contributed by atoms with E-state index in [1.54, 1.807) is 0 Å². The summed E-state index contributed by atoms with van der Waals surface area (Å²) in [4.78, 5) is 22.9. The molecule has 0 bridgehead atoms. The summed E-state index contributed by atoms with van der Waals surface area (Å²) in [6.07, 6.45) is -4.10. The standard InChI is InChI=1S/C16H15F3N2O2S/c1-10(22)20-12-3-4-14(13(8-12)16(17,18)19)21-15(23)5-2-11-6-7-24-9-11/h3-4,6-9H,2,5H2,1H3,(H,20,22)(H,21,23). The second kappa shape index (κ2) is 7.48. The number of alkyl halides is 3. The summed E-state index contributed by atoms with van der Waals surface area (Å²) in [7, 11) is 0. The van der Waals surface area contributed by atoms with Crippen molar-refractivity contribution in [3.05, 3.63) is 46.2 Å². The van der Waals surface area contributed by atoms with E-state index in [1.165, 1.54) is 24.3 Å². The molecule has 0 aliphatic heterocycles. The van der Waals surface area contributed by atoms with Crippen LogP contribution in [0.15, 0.2) is 35.0 Å². The summed E-state index contributed by atoms with van der Waals surface area (Å²) in [5.41, 5.74) is -0.345. The topological polar surface area (TPSA) is 58.2 Å². The number of anilines is 2. The molecule has 2 rings (SSSR count). The van der Waals surface area contributed by atoms with Gasteiger partial charge in [0.15, 0.2) is 0 Å². The molecule has 1 aromatic heterocycles. The van der Waals surface area contributed by atoms with Crippen molar-refractivity contribution in [3.8, 4) is 0 Å². The lowest BCUT2D eigenvalue weighted by molar-refractivity contribution is -0.137. The highest BCUT2D eigenvalue weighted by atomic mass is 32.1. The van der Waals surface area contributed by atoms with Crippen LogP contribution in [0.2, 0.25) is 0 Å². The maximum absolute atomic E-state index is 13.2. The van der Waals surface area contributed by atoms with Gasteiger partial charge in [-0.3, -0.25) is 9.59 Å². The zero-order valence-electron chi connectivity index (χ0n) is 12.7. The van der Waals surface area contributed by atoms with E-state index in [1.807, 2.05) is 16.8 Å². The van der Waals surface area contributed by atoms with E-state index in [0.29, 0.717) is 6.42 Å². The van der Waals surface area contributed by atoms with E-state index >= 15 is 0 Å². The van der Waals surface area contributed by atoms with E-state index in [0.717, 1.165) is 17.7 Å². The molecule has 0 radical (unpaired) electrons. The fraction of sp³-hybridized carbons (Fsp3) is 0.250. The summed E-state index contributed by atoms with van der Waals surface area (Å²) in [6, 6.07) is 5.11. The van der Waals surface area contributed by atoms with Gasteiger partial charge in [-0.25, -0.2) is 0 Å². The monoisotopic (exact) mass is 356 g/mol. The minimum atomic E-state index is -4.65. The number of nitrogens with one attached hydrogen (secondary N) is 2. The summed E-state index contributed by atoms with van der Waals surface area (Å²) < 4.78 is 39.5. The van der Waals surface area contributed by atoms with Crippen LogP contribution in [0.5, 0.6) is 0 Å². The van der Waals surface area contributed by atoms with E-state index in [2.05, 4.69) is 10.6 Å². The number of thiophene rings is 1. The fourth-order valence-electron chi connectivity index (χ4n) is 2.07. The normalized spacial score (nSPS) is 11.2. The van der Waals surface area contributed by atoms with Gasteiger partial charge in [-0.05, 0) is 47.0 Å². The first-order valence-electron chi connectivity index (χ1n) is 7.05. The largest absolute Gasteiger partial charge is 0.418 e. The van der Waals surface area contributed by atoms with Crippen molar-refractivity contribution in [2.75, 3.05) is 10.6 Å². The molecule has 0 aliphatic carbocycles. The highest BCUT2D eigenvalue weighted by Crippen LogP contribution is 2.36. The first-order chi connectivity index (χ1) is 11.3. The molecule has 1 aromatic carbocycles. The molecule has 0 saturated carbocycles. The van der Waals surface area contributed by atoms with Crippen LogP contribution in [0.3, 0.4) is 0 Å². The van der Waals surface area contributed by atoms with Crippen LogP contribution in [0.25, 0.3) is 0 Å². The Morgan fingerprint density at radius 1 is 1.17 bits per heavy atom. The third kappa shape index (κ3) is 5.09. The predicted molar refractivity (Wildman–Crippen MR) is 87.0 cm³/mol. The van der Waals surface area contributed by atoms with Crippen molar-refractivity contribution in [3.63, 3.8) is 0 Å². The minimum absolute atomic E-state index is 0.0195. The molecular formula is C16H15F3N2O2S. The molecule has 0 atom stereocenters. The van der Waals surface area contributed by atoms with Crippen molar-refractivity contribution in [2.45, 2.75) is 25.9 Å². The molecule has 1 heterocycles. The number of carbonyl (C=O) groups is 2. The smallest absolute Gasteiger partial charge is 0.326 e. The minimum Gasteiger partial charge on any atom is -0.326 e. The van der Waals surface area contributed by atoms with E-state index < -0.39 is 23.6 Å². The van der Waals surface area contributed by atoms with Gasteiger partial charge in [-0.15, -0.1) is 0 Å². The molecule has 0 saturated heterocycles. The number of hydrogen-bond acceptors (Lipinski definition) is 3. The maximum Gasteiger partial charge on any atom is 0.418 e. The summed E-state index contributed by atoms with van der Waals surface area (Å²) in [5.74, 6) is -0.977. The second-order valence-corrected chi connectivity index (χ2v) is 5.90. The fourth-order valence-corrected chi connectivity index (χ4v) is 2.78. The van der Waals surface area contributed by atoms with Crippen LogP contribution in [0.1, 0.15) is 24.5 Å². The average Bonchev–Trinajstić information content (AvgIpc) is 2.98. The molecule has 0 fully saturated rings. The second-order valence-electron chi connectivity index (χ2n) is 5.12. The molecule has 0 aliphatic rings. The van der Waals surface area contributed by atoms with Crippen LogP contribution in [-0.4, -0.2) is 11.8 Å². The van der Waals surface area contributed by atoms with Crippen molar-refractivity contribution in [1.82, 2.24) is 0 Å². The highest BCUT2D eigenvalue weighted by molar-refractivity contribution is 7.07. The molecule has 24 heavy (non-hydrogen) atoms. The Morgan fingerprint density at radius 3 is 2.50 bits per heavy atom. The summed E-state index contributed by atoms with van der Waals surface area (Å²) in [5, 5.41) is 8.34. The number of rotatable bonds is 5. The van der Waals surface area contributed by atoms with Gasteiger partial charge in [-0.1, -0.05) is 0 Å². The van der Waals surface area contributed by atoms with Crippen LogP contribution in [0.4, 0.5) is 24.5 Å². The van der Waals surface area contributed by atoms with Crippen LogP contribution >= 0.6 is 11.3 Å². The first kappa shape index (κ1) is 18.0. The Bertz CT molecular complexity index is 727. The summed E-state index contributed by atoms with van der Waals surface area (Å²) >= 11 is 1.49. The van der Waals surface area contributed by atoms with E-state index in [-0.39, 0.29) is 17.8 Å². The average molecular weight is 356 g/mol. The third-order valence-corrected chi connectivity index (χ3v) is 3.87. The Labute approximate surface area is 140 Å². The lowest BCUT2D eigenvalue weighted by atomic mass is 10.1. The van der Waals surface area contributed by atoms with Gasteiger partial charge >= 0.3 is 6.18 Å². The number of aryl methyl sites for hydroxylation is 1. The number of hydrogen-bond donors (Lipinski definition) is 2. The van der Waals surface area contributed by atoms with Gasteiger partial charge in [0.05, 0.1) is 11.3 Å². The van der Waals surface area contributed by atoms with Gasteiger partial charge in [0.25, 0.3) is 0 Å². The molecule has 4 nitrogen and oxygen atoms in total. The number of benzene rings is 1. The molecule has 2 amide bonds. The Kier molecular flexibility index (Phi) is 5.61. The molecule has 0 unspecified atom stereocenters. The van der Waals surface area contributed by atoms with Gasteiger partial charge in [0.1, 0.15) is 0 Å². The lowest BCUT2D eigenvalue weighted by Crippen LogP contribution is -2.17. The predicted octanol–water partition coefficient (Wildman–Crippen LogP) is 4.30. The maximum atomic E-state index is 13.2. The molecular weight excluding hydrogens is 341 g/mol. The van der Waals surface area contributed by atoms with Gasteiger partial charge in [0.2, 0.25) is 11.8 Å². The number of amides is 2. The Morgan fingerprint density at radius 2 is 1.92 bits per heavy atom. The molecule has 2 N–H and O–H groups in total. The van der Waals surface area contributed by atoms with Gasteiger partial charge in [0, 0.05) is 19.0 Å². The van der Waals surface area contributed by atoms with Crippen LogP contribution in [-0.2, 0) is 22.2 Å². The molecule has 0 spiro atoms. The number of carbonyl (C=O) groups excluding carboxylic acids is 2. The lowest BCUT2D eigenvalue weighted by Gasteiger charge is -2.15. The molecule has 2 aromatic rings. The van der Waals surface area contributed by atoms with Crippen molar-refractivity contribution in [2.24, 2.45) is 0 Å². The summed E-state index contributed by atoms with van der Waals surface area (Å²) in [6.45, 7) is 1.20. The van der Waals surface area contributed by atoms with Crippen molar-refractivity contribution < 1.29 is 22.8 Å². The quantitative estimate of drug-likeness (QED) is 0.839. The molecule has 8 heteroatoms. The Balaban J connectivity index is 2.13. The molecule has 128 valence electrons. The first-order valence-corrected chi connectivity index (χ1v) is 8.00. The zero-order valence-corrected chi connectivity index (χ0v) is 13.6. The van der Waals surface area contributed by atoms with Gasteiger partial charge in [-0.2, -0.15) is 24.5 Å². The van der Waals surface area contributed by atoms with Crippen molar-refractivity contribution in [1.29, 1.82) is 0 Å². The van der Waals surface area contributed by atoms with E-state index in [4.69, 9.17) is 0 Å². The number of halogens is 3. The highest BCUT2D eigenvalue weighted by Gasteiger charge is 2.34. The zero-order chi connectivity index (χ0) is 17.7. The SMILES string of the molecule is CC(=O)Nc1ccc(NC(=O)CCc2ccsc2)c(C(F)(F)F)c1. The third-order valence-electron chi connectivity index (χ3n) is 3.14. The Hall–Kier alpha value is -2.35. The van der Waals surface area contributed by atoms with Crippen LogP contribution in [0, 0.1) is 0 Å².